The Labute approximate surface area is 103 Å². The van der Waals surface area contributed by atoms with Crippen LogP contribution in [0.4, 0.5) is 11.6 Å². The summed E-state index contributed by atoms with van der Waals surface area (Å²) in [4.78, 5) is 8.21. The van der Waals surface area contributed by atoms with Gasteiger partial charge >= 0.3 is 0 Å². The maximum absolute atomic E-state index is 5.35. The van der Waals surface area contributed by atoms with Gasteiger partial charge in [-0.2, -0.15) is 0 Å². The number of nitrogens with zero attached hydrogens (tertiary/aromatic N) is 2. The quantitative estimate of drug-likeness (QED) is 0.584. The molecule has 16 heavy (non-hydrogen) atoms. The first-order valence-corrected chi connectivity index (χ1v) is 6.25. The third-order valence-electron chi connectivity index (χ3n) is 3.15. The van der Waals surface area contributed by atoms with Gasteiger partial charge < -0.3 is 10.7 Å². The summed E-state index contributed by atoms with van der Waals surface area (Å²) in [6.07, 6.45) is 5.45. The fraction of sp³-hybridized carbons (Fsp3) is 0.600. The summed E-state index contributed by atoms with van der Waals surface area (Å²) in [5, 5.41) is 3.39. The van der Waals surface area contributed by atoms with Crippen LogP contribution in [-0.4, -0.2) is 16.0 Å². The molecular weight excluding hydrogens is 270 g/mol. The highest BCUT2D eigenvalue weighted by molar-refractivity contribution is 9.10. The molecule has 0 bridgehead atoms. The number of hydrogen-bond acceptors (Lipinski definition) is 5. The molecule has 0 amide bonds. The van der Waals surface area contributed by atoms with Gasteiger partial charge in [-0.15, -0.1) is 0 Å². The lowest BCUT2D eigenvalue weighted by Crippen LogP contribution is -2.31. The molecule has 1 aromatic rings. The minimum atomic E-state index is 0.436. The molecule has 0 aliphatic heterocycles. The van der Waals surface area contributed by atoms with Crippen molar-refractivity contribution < 1.29 is 0 Å². The molecule has 2 rings (SSSR count). The zero-order valence-electron chi connectivity index (χ0n) is 9.20. The Morgan fingerprint density at radius 2 is 2.12 bits per heavy atom. The van der Waals surface area contributed by atoms with Crippen LogP contribution in [0.2, 0.25) is 0 Å². The van der Waals surface area contributed by atoms with Gasteiger partial charge in [-0.25, -0.2) is 15.8 Å². The summed E-state index contributed by atoms with van der Waals surface area (Å²) < 4.78 is 0.781. The standard InChI is InChI=1S/C10H16BrN5/c1-6(7-3-2-4-7)15-9-8(11)10(16-12)14-5-13-9/h5-7H,2-4,12H2,1H3,(H2,13,14,15,16). The second kappa shape index (κ2) is 4.97. The highest BCUT2D eigenvalue weighted by Gasteiger charge is 2.24. The molecular formula is C10H16BrN5. The molecule has 1 aliphatic rings. The molecule has 6 heteroatoms. The predicted octanol–water partition coefficient (Wildman–Crippen LogP) is 2.13. The van der Waals surface area contributed by atoms with Crippen molar-refractivity contribution in [2.45, 2.75) is 32.2 Å². The summed E-state index contributed by atoms with van der Waals surface area (Å²) in [5.74, 6) is 7.50. The van der Waals surface area contributed by atoms with E-state index in [9.17, 15) is 0 Å². The SMILES string of the molecule is CC(Nc1ncnc(NN)c1Br)C1CCC1. The van der Waals surface area contributed by atoms with Gasteiger partial charge in [-0.05, 0) is 41.6 Å². The van der Waals surface area contributed by atoms with Gasteiger partial charge in [0.15, 0.2) is 5.82 Å². The van der Waals surface area contributed by atoms with Gasteiger partial charge in [-0.3, -0.25) is 0 Å². The van der Waals surface area contributed by atoms with Crippen LogP contribution in [0.25, 0.3) is 0 Å². The Hall–Kier alpha value is -0.880. The van der Waals surface area contributed by atoms with Crippen molar-refractivity contribution in [1.29, 1.82) is 0 Å². The topological polar surface area (TPSA) is 75.9 Å². The van der Waals surface area contributed by atoms with Gasteiger partial charge in [0.1, 0.15) is 16.6 Å². The van der Waals surface area contributed by atoms with Gasteiger partial charge in [0.25, 0.3) is 0 Å². The van der Waals surface area contributed by atoms with Crippen LogP contribution < -0.4 is 16.6 Å². The van der Waals surface area contributed by atoms with E-state index in [0.717, 1.165) is 16.2 Å². The van der Waals surface area contributed by atoms with Crippen LogP contribution in [0.3, 0.4) is 0 Å². The number of nitrogens with two attached hydrogens (primary N) is 1. The van der Waals surface area contributed by atoms with Crippen molar-refractivity contribution in [3.05, 3.63) is 10.8 Å². The summed E-state index contributed by atoms with van der Waals surface area (Å²) >= 11 is 3.43. The Balaban J connectivity index is 2.08. The molecule has 1 aromatic heterocycles. The van der Waals surface area contributed by atoms with Gasteiger partial charge in [0.05, 0.1) is 0 Å². The molecule has 0 spiro atoms. The van der Waals surface area contributed by atoms with Gasteiger partial charge in [-0.1, -0.05) is 6.42 Å². The number of halogens is 1. The molecule has 1 saturated carbocycles. The third kappa shape index (κ3) is 2.27. The van der Waals surface area contributed by atoms with Crippen LogP contribution in [0.5, 0.6) is 0 Å². The average Bonchev–Trinajstić information content (AvgIpc) is 2.18. The van der Waals surface area contributed by atoms with Crippen molar-refractivity contribution in [2.75, 3.05) is 10.7 Å². The monoisotopic (exact) mass is 285 g/mol. The van der Waals surface area contributed by atoms with E-state index in [0.29, 0.717) is 11.9 Å². The minimum absolute atomic E-state index is 0.436. The lowest BCUT2D eigenvalue weighted by molar-refractivity contribution is 0.285. The fourth-order valence-corrected chi connectivity index (χ4v) is 2.28. The maximum atomic E-state index is 5.35. The molecule has 0 aromatic carbocycles. The first-order chi connectivity index (χ1) is 7.72. The Bertz CT molecular complexity index is 366. The Morgan fingerprint density at radius 1 is 1.44 bits per heavy atom. The van der Waals surface area contributed by atoms with E-state index in [4.69, 9.17) is 5.84 Å². The average molecular weight is 286 g/mol. The highest BCUT2D eigenvalue weighted by Crippen LogP contribution is 2.33. The number of nitrogens with one attached hydrogen (secondary N) is 2. The van der Waals surface area contributed by atoms with Crippen LogP contribution in [0.1, 0.15) is 26.2 Å². The van der Waals surface area contributed by atoms with Crippen molar-refractivity contribution >= 4 is 27.6 Å². The van der Waals surface area contributed by atoms with Crippen LogP contribution >= 0.6 is 15.9 Å². The lowest BCUT2D eigenvalue weighted by atomic mass is 9.80. The van der Waals surface area contributed by atoms with Gasteiger partial charge in [0.2, 0.25) is 0 Å². The number of nitrogen functional groups attached to an aromatic ring is 1. The third-order valence-corrected chi connectivity index (χ3v) is 3.90. The second-order valence-corrected chi connectivity index (χ2v) is 4.95. The van der Waals surface area contributed by atoms with E-state index in [-0.39, 0.29) is 0 Å². The van der Waals surface area contributed by atoms with E-state index in [1.807, 2.05) is 0 Å². The second-order valence-electron chi connectivity index (χ2n) is 4.15. The molecule has 5 nitrogen and oxygen atoms in total. The van der Waals surface area contributed by atoms with Gasteiger partial charge in [0, 0.05) is 6.04 Å². The number of aromatic nitrogens is 2. The van der Waals surface area contributed by atoms with E-state index in [2.05, 4.69) is 43.6 Å². The molecule has 1 heterocycles. The Kier molecular flexibility index (Phi) is 3.60. The summed E-state index contributed by atoms with van der Waals surface area (Å²) in [6.45, 7) is 2.19. The number of hydrogen-bond donors (Lipinski definition) is 3. The number of anilines is 2. The summed E-state index contributed by atoms with van der Waals surface area (Å²) in [6, 6.07) is 0.436. The van der Waals surface area contributed by atoms with E-state index in [1.54, 1.807) is 0 Å². The molecule has 1 fully saturated rings. The zero-order chi connectivity index (χ0) is 11.5. The minimum Gasteiger partial charge on any atom is -0.366 e. The van der Waals surface area contributed by atoms with E-state index < -0.39 is 0 Å². The van der Waals surface area contributed by atoms with Crippen molar-refractivity contribution in [2.24, 2.45) is 11.8 Å². The van der Waals surface area contributed by atoms with E-state index >= 15 is 0 Å². The van der Waals surface area contributed by atoms with Crippen molar-refractivity contribution in [1.82, 2.24) is 9.97 Å². The van der Waals surface area contributed by atoms with Crippen LogP contribution in [0, 0.1) is 5.92 Å². The fourth-order valence-electron chi connectivity index (χ4n) is 1.84. The lowest BCUT2D eigenvalue weighted by Gasteiger charge is -2.32. The molecule has 1 unspecified atom stereocenters. The highest BCUT2D eigenvalue weighted by atomic mass is 79.9. The number of hydrazine groups is 1. The largest absolute Gasteiger partial charge is 0.366 e. The van der Waals surface area contributed by atoms with Crippen molar-refractivity contribution in [3.63, 3.8) is 0 Å². The smallest absolute Gasteiger partial charge is 0.159 e. The molecule has 1 aliphatic carbocycles. The first-order valence-electron chi connectivity index (χ1n) is 5.46. The molecule has 1 atom stereocenters. The summed E-state index contributed by atoms with van der Waals surface area (Å²) in [7, 11) is 0. The van der Waals surface area contributed by atoms with E-state index in [1.165, 1.54) is 25.6 Å². The Morgan fingerprint density at radius 3 is 2.69 bits per heavy atom. The molecule has 4 N–H and O–H groups in total. The first kappa shape index (κ1) is 11.6. The molecule has 0 saturated heterocycles. The predicted molar refractivity (Wildman–Crippen MR) is 68.0 cm³/mol. The van der Waals surface area contributed by atoms with Crippen LogP contribution in [-0.2, 0) is 0 Å². The normalized spacial score (nSPS) is 17.7. The summed E-state index contributed by atoms with van der Waals surface area (Å²) in [5.41, 5.74) is 2.53. The van der Waals surface area contributed by atoms with Crippen molar-refractivity contribution in [3.8, 4) is 0 Å². The zero-order valence-corrected chi connectivity index (χ0v) is 10.8. The van der Waals surface area contributed by atoms with Crippen LogP contribution in [0.15, 0.2) is 10.8 Å². The molecule has 0 radical (unpaired) electrons. The maximum Gasteiger partial charge on any atom is 0.159 e. The molecule has 88 valence electrons. The number of rotatable bonds is 4.